The summed E-state index contributed by atoms with van der Waals surface area (Å²) in [5.74, 6) is -0.264. The molecule has 0 bridgehead atoms. The van der Waals surface area contributed by atoms with Gasteiger partial charge < -0.3 is 9.88 Å². The summed E-state index contributed by atoms with van der Waals surface area (Å²) in [6, 6.07) is 13.4. The third-order valence-electron chi connectivity index (χ3n) is 5.05. The molecule has 33 heavy (non-hydrogen) atoms. The van der Waals surface area contributed by atoms with Crippen LogP contribution >= 0.6 is 11.3 Å². The van der Waals surface area contributed by atoms with Crippen molar-refractivity contribution in [2.75, 3.05) is 5.32 Å². The number of nitrogens with one attached hydrogen (secondary N) is 1. The van der Waals surface area contributed by atoms with Crippen molar-refractivity contribution in [1.29, 1.82) is 0 Å². The number of nitrogens with zero attached hydrogens (tertiary/aromatic N) is 5. The van der Waals surface area contributed by atoms with E-state index in [-0.39, 0.29) is 11.9 Å². The van der Waals surface area contributed by atoms with Gasteiger partial charge in [-0.3, -0.25) is 14.2 Å². The number of anilines is 1. The van der Waals surface area contributed by atoms with Crippen LogP contribution < -0.4 is 10.9 Å². The fourth-order valence-corrected chi connectivity index (χ4v) is 4.50. The molecule has 10 heteroatoms. The van der Waals surface area contributed by atoms with Crippen molar-refractivity contribution in [3.05, 3.63) is 83.4 Å². The number of amides is 1. The van der Waals surface area contributed by atoms with Gasteiger partial charge in [0.1, 0.15) is 12.4 Å². The highest BCUT2D eigenvalue weighted by molar-refractivity contribution is 7.19. The highest BCUT2D eigenvalue weighted by atomic mass is 32.1. The van der Waals surface area contributed by atoms with Crippen LogP contribution in [0.1, 0.15) is 0 Å². The minimum Gasteiger partial charge on any atom is -0.333 e. The van der Waals surface area contributed by atoms with E-state index < -0.39 is 17.3 Å². The third kappa shape index (κ3) is 4.03. The van der Waals surface area contributed by atoms with Crippen LogP contribution in [0.4, 0.5) is 9.52 Å². The Morgan fingerprint density at radius 1 is 1.15 bits per heavy atom. The second kappa shape index (κ2) is 8.40. The maximum atomic E-state index is 13.6. The highest BCUT2D eigenvalue weighted by Crippen LogP contribution is 2.38. The van der Waals surface area contributed by atoms with Gasteiger partial charge in [0, 0.05) is 25.0 Å². The normalized spacial score (nSPS) is 11.1. The molecule has 0 aliphatic rings. The first-order chi connectivity index (χ1) is 16.0. The zero-order chi connectivity index (χ0) is 22.9. The quantitative estimate of drug-likeness (QED) is 0.432. The van der Waals surface area contributed by atoms with E-state index in [1.54, 1.807) is 6.20 Å². The van der Waals surface area contributed by atoms with Crippen LogP contribution in [0.25, 0.3) is 32.9 Å². The summed E-state index contributed by atoms with van der Waals surface area (Å²) in [7, 11) is 1.89. The Morgan fingerprint density at radius 2 is 1.97 bits per heavy atom. The van der Waals surface area contributed by atoms with Crippen LogP contribution in [-0.4, -0.2) is 30.0 Å². The summed E-state index contributed by atoms with van der Waals surface area (Å²) in [6.45, 7) is -0.281. The van der Waals surface area contributed by atoms with Crippen molar-refractivity contribution in [1.82, 2.24) is 24.1 Å². The molecule has 1 N–H and O–H groups in total. The average Bonchev–Trinajstić information content (AvgIpc) is 3.42. The lowest BCUT2D eigenvalue weighted by Crippen LogP contribution is -2.27. The molecular formula is C23H17FN6O2S. The molecule has 0 unspecified atom stereocenters. The summed E-state index contributed by atoms with van der Waals surface area (Å²) >= 11 is 1.29. The van der Waals surface area contributed by atoms with Gasteiger partial charge >= 0.3 is 0 Å². The lowest BCUT2D eigenvalue weighted by molar-refractivity contribution is -0.116. The van der Waals surface area contributed by atoms with Crippen molar-refractivity contribution < 1.29 is 9.18 Å². The molecule has 0 aliphatic carbocycles. The molecule has 164 valence electrons. The number of thiazole rings is 1. The molecule has 0 aliphatic heterocycles. The van der Waals surface area contributed by atoms with E-state index in [9.17, 15) is 14.0 Å². The van der Waals surface area contributed by atoms with E-state index in [4.69, 9.17) is 0 Å². The average molecular weight is 460 g/mol. The molecule has 0 spiro atoms. The van der Waals surface area contributed by atoms with Gasteiger partial charge in [-0.1, -0.05) is 41.7 Å². The standard InChI is InChI=1S/C23H17FN6O2S/c1-29-10-9-25-21(29)20-19(14-5-3-2-4-6-14)28-23(33-20)27-18(31)12-30-13-26-17-8-7-15(24)11-16(17)22(30)32/h2-11,13H,12H2,1H3,(H,27,28,31). The van der Waals surface area contributed by atoms with Gasteiger partial charge in [0.2, 0.25) is 5.91 Å². The molecule has 5 aromatic rings. The lowest BCUT2D eigenvalue weighted by Gasteiger charge is -2.06. The number of fused-ring (bicyclic) bond motifs is 1. The van der Waals surface area contributed by atoms with E-state index >= 15 is 0 Å². The summed E-state index contributed by atoms with van der Waals surface area (Å²) in [6.07, 6.45) is 4.81. The Bertz CT molecular complexity index is 1540. The first-order valence-electron chi connectivity index (χ1n) is 9.98. The maximum absolute atomic E-state index is 13.6. The molecule has 5 rings (SSSR count). The largest absolute Gasteiger partial charge is 0.333 e. The molecule has 2 aromatic carbocycles. The first kappa shape index (κ1) is 20.7. The topological polar surface area (TPSA) is 94.7 Å². The Kier molecular flexibility index (Phi) is 5.27. The number of imidazole rings is 1. The molecule has 0 fully saturated rings. The highest BCUT2D eigenvalue weighted by Gasteiger charge is 2.19. The number of aromatic nitrogens is 5. The van der Waals surface area contributed by atoms with E-state index in [1.165, 1.54) is 29.8 Å². The molecule has 3 heterocycles. The summed E-state index contributed by atoms with van der Waals surface area (Å²) in [4.78, 5) is 39.4. The Labute approximate surface area is 191 Å². The number of rotatable bonds is 5. The number of carbonyl (C=O) groups excluding carboxylic acids is 1. The minimum absolute atomic E-state index is 0.114. The minimum atomic E-state index is -0.540. The van der Waals surface area contributed by atoms with Crippen LogP contribution in [0.3, 0.4) is 0 Å². The molecule has 0 radical (unpaired) electrons. The van der Waals surface area contributed by atoms with Crippen molar-refractivity contribution in [2.45, 2.75) is 6.54 Å². The maximum Gasteiger partial charge on any atom is 0.261 e. The van der Waals surface area contributed by atoms with Crippen molar-refractivity contribution in [3.63, 3.8) is 0 Å². The number of carbonyl (C=O) groups is 1. The number of hydrogen-bond donors (Lipinski definition) is 1. The van der Waals surface area contributed by atoms with Crippen molar-refractivity contribution in [2.24, 2.45) is 7.05 Å². The molecule has 3 aromatic heterocycles. The predicted molar refractivity (Wildman–Crippen MR) is 124 cm³/mol. The Balaban J connectivity index is 1.45. The van der Waals surface area contributed by atoms with Gasteiger partial charge in [-0.05, 0) is 18.2 Å². The second-order valence-electron chi connectivity index (χ2n) is 7.31. The molecule has 1 amide bonds. The van der Waals surface area contributed by atoms with E-state index in [1.807, 2.05) is 48.1 Å². The molecule has 8 nitrogen and oxygen atoms in total. The number of aryl methyl sites for hydroxylation is 1. The summed E-state index contributed by atoms with van der Waals surface area (Å²) in [5.41, 5.74) is 1.46. The smallest absolute Gasteiger partial charge is 0.261 e. The number of hydrogen-bond acceptors (Lipinski definition) is 6. The molecule has 0 saturated heterocycles. The first-order valence-corrected chi connectivity index (χ1v) is 10.8. The van der Waals surface area contributed by atoms with Crippen LogP contribution in [0, 0.1) is 5.82 Å². The predicted octanol–water partition coefficient (Wildman–Crippen LogP) is 3.70. The monoisotopic (exact) mass is 460 g/mol. The van der Waals surface area contributed by atoms with E-state index in [0.717, 1.165) is 26.9 Å². The van der Waals surface area contributed by atoms with E-state index in [0.29, 0.717) is 16.3 Å². The van der Waals surface area contributed by atoms with Crippen LogP contribution in [0.5, 0.6) is 0 Å². The van der Waals surface area contributed by atoms with Crippen molar-refractivity contribution >= 4 is 33.3 Å². The van der Waals surface area contributed by atoms with Crippen LogP contribution in [-0.2, 0) is 18.4 Å². The van der Waals surface area contributed by atoms with Crippen LogP contribution in [0.15, 0.2) is 72.0 Å². The van der Waals surface area contributed by atoms with E-state index in [2.05, 4.69) is 20.3 Å². The van der Waals surface area contributed by atoms with Gasteiger partial charge in [0.25, 0.3) is 5.56 Å². The van der Waals surface area contributed by atoms with Gasteiger partial charge in [-0.25, -0.2) is 19.3 Å². The zero-order valence-corrected chi connectivity index (χ0v) is 18.2. The van der Waals surface area contributed by atoms with Gasteiger partial charge in [-0.15, -0.1) is 0 Å². The van der Waals surface area contributed by atoms with Crippen molar-refractivity contribution in [3.8, 4) is 22.0 Å². The molecule has 0 atom stereocenters. The molecule has 0 saturated carbocycles. The van der Waals surface area contributed by atoms with Crippen LogP contribution in [0.2, 0.25) is 0 Å². The summed E-state index contributed by atoms with van der Waals surface area (Å²) in [5, 5.41) is 3.25. The number of halogens is 1. The fraction of sp³-hybridized carbons (Fsp3) is 0.0870. The van der Waals surface area contributed by atoms with Gasteiger partial charge in [0.15, 0.2) is 11.0 Å². The zero-order valence-electron chi connectivity index (χ0n) is 17.4. The van der Waals surface area contributed by atoms with Gasteiger partial charge in [-0.2, -0.15) is 0 Å². The Hall–Kier alpha value is -4.18. The molecular weight excluding hydrogens is 443 g/mol. The number of benzene rings is 2. The lowest BCUT2D eigenvalue weighted by atomic mass is 10.1. The third-order valence-corrected chi connectivity index (χ3v) is 6.01. The summed E-state index contributed by atoms with van der Waals surface area (Å²) < 4.78 is 16.6. The second-order valence-corrected chi connectivity index (χ2v) is 8.31. The fourth-order valence-electron chi connectivity index (χ4n) is 3.46. The SMILES string of the molecule is Cn1ccnc1-c1sc(NC(=O)Cn2cnc3ccc(F)cc3c2=O)nc1-c1ccccc1. The van der Waals surface area contributed by atoms with Gasteiger partial charge in [0.05, 0.1) is 27.8 Å². The Morgan fingerprint density at radius 3 is 2.73 bits per heavy atom.